The second-order valence-corrected chi connectivity index (χ2v) is 14.7. The summed E-state index contributed by atoms with van der Waals surface area (Å²) in [6.45, 7) is 16.6. The molecule has 222 valence electrons. The van der Waals surface area contributed by atoms with Crippen LogP contribution in [0.4, 0.5) is 5.82 Å². The number of fused-ring (bicyclic) bond motifs is 1. The fraction of sp³-hybridized carbons (Fsp3) is 0.516. The molecule has 1 saturated carbocycles. The number of nitrogens with two attached hydrogens (primary N) is 1. The number of nitrogens with zero attached hydrogens (tertiary/aromatic N) is 2. The van der Waals surface area contributed by atoms with Crippen molar-refractivity contribution in [2.24, 2.45) is 28.6 Å². The van der Waals surface area contributed by atoms with E-state index in [9.17, 15) is 14.7 Å². The van der Waals surface area contributed by atoms with Crippen molar-refractivity contribution in [2.45, 2.75) is 74.3 Å². The average molecular weight is 623 g/mol. The SMILES string of the molecule is C/C(O)=c1/c(N)nc2c(C(=O)OC3C(C(C)(C)C)CC(C)CC3C(C)(C)C)c(-c3ccc(Cl)c(Cl)c3)c(Cl)n2c1=O. The van der Waals surface area contributed by atoms with Gasteiger partial charge in [-0.05, 0) is 54.2 Å². The van der Waals surface area contributed by atoms with Crippen molar-refractivity contribution in [3.05, 3.63) is 54.5 Å². The van der Waals surface area contributed by atoms with Crippen molar-refractivity contribution in [3.8, 4) is 11.1 Å². The Bertz CT molecular complexity index is 1610. The number of carbonyl (C=O) groups is 1. The van der Waals surface area contributed by atoms with E-state index in [0.717, 1.165) is 17.2 Å². The molecule has 0 amide bonds. The predicted octanol–water partition coefficient (Wildman–Crippen LogP) is 7.59. The van der Waals surface area contributed by atoms with Gasteiger partial charge in [0.05, 0.1) is 10.0 Å². The minimum absolute atomic E-state index is 0.00160. The zero-order valence-electron chi connectivity index (χ0n) is 24.7. The lowest BCUT2D eigenvalue weighted by atomic mass is 9.59. The van der Waals surface area contributed by atoms with Crippen LogP contribution in [0.2, 0.25) is 15.2 Å². The molecule has 0 saturated heterocycles. The molecule has 10 heteroatoms. The first-order chi connectivity index (χ1) is 18.8. The summed E-state index contributed by atoms with van der Waals surface area (Å²) in [4.78, 5) is 32.3. The van der Waals surface area contributed by atoms with Crippen molar-refractivity contribution in [2.75, 3.05) is 5.73 Å². The third kappa shape index (κ3) is 5.78. The Morgan fingerprint density at radius 1 is 1.05 bits per heavy atom. The molecule has 2 aromatic heterocycles. The van der Waals surface area contributed by atoms with Gasteiger partial charge in [-0.15, -0.1) is 0 Å². The van der Waals surface area contributed by atoms with Crippen LogP contribution in [0.3, 0.4) is 0 Å². The van der Waals surface area contributed by atoms with Gasteiger partial charge < -0.3 is 15.6 Å². The quantitative estimate of drug-likeness (QED) is 0.292. The number of halogens is 3. The van der Waals surface area contributed by atoms with Crippen LogP contribution in [0.1, 0.15) is 78.6 Å². The molecule has 0 bridgehead atoms. The number of aromatic nitrogens is 2. The maximum absolute atomic E-state index is 14.4. The van der Waals surface area contributed by atoms with Crippen LogP contribution in [0.5, 0.6) is 0 Å². The minimum Gasteiger partial charge on any atom is -0.512 e. The second kappa shape index (κ2) is 11.0. The van der Waals surface area contributed by atoms with E-state index in [1.165, 1.54) is 6.92 Å². The lowest BCUT2D eigenvalue weighted by Crippen LogP contribution is -2.49. The van der Waals surface area contributed by atoms with E-state index in [1.807, 2.05) is 0 Å². The molecular formula is C31H38Cl3N3O4. The molecule has 3 aromatic rings. The number of benzene rings is 1. The lowest BCUT2D eigenvalue weighted by molar-refractivity contribution is -0.0922. The van der Waals surface area contributed by atoms with Crippen molar-refractivity contribution >= 4 is 58.0 Å². The minimum atomic E-state index is -0.704. The number of carbonyl (C=O) groups excluding carboxylic acids is 1. The first-order valence-electron chi connectivity index (χ1n) is 13.7. The number of esters is 1. The number of nitrogen functional groups attached to an aromatic ring is 1. The van der Waals surface area contributed by atoms with Crippen LogP contribution in [-0.4, -0.2) is 26.6 Å². The fourth-order valence-electron chi connectivity index (χ4n) is 6.21. The number of aliphatic hydroxyl groups is 1. The summed E-state index contributed by atoms with van der Waals surface area (Å²) >= 11 is 19.4. The molecule has 1 aromatic carbocycles. The van der Waals surface area contributed by atoms with E-state index in [1.54, 1.807) is 18.2 Å². The van der Waals surface area contributed by atoms with Gasteiger partial charge in [-0.1, -0.05) is 89.3 Å². The first kappa shape index (κ1) is 31.5. The Labute approximate surface area is 255 Å². The van der Waals surface area contributed by atoms with Crippen molar-refractivity contribution in [3.63, 3.8) is 0 Å². The number of hydrogen-bond acceptors (Lipinski definition) is 6. The topological polar surface area (TPSA) is 107 Å². The third-order valence-corrected chi connectivity index (χ3v) is 9.43. The van der Waals surface area contributed by atoms with Crippen LogP contribution in [-0.2, 0) is 4.74 Å². The number of aliphatic hydroxyl groups excluding tert-OH is 1. The van der Waals surface area contributed by atoms with E-state index in [4.69, 9.17) is 45.3 Å². The Balaban J connectivity index is 2.01. The lowest BCUT2D eigenvalue weighted by Gasteiger charge is -2.50. The standard InChI is InChI=1S/C31H38Cl3N3O4/c1-14-11-17(30(3,4)5)24(18(12-14)31(6,7)8)41-29(40)23-22(16-9-10-19(32)20(33)13-16)25(34)37-27(23)36-26(35)21(15(2)38)28(37)39/h9-10,13-14,17-18,24,38H,11-12H2,1-8H3,(H2,35,36)/b21-15+. The molecule has 4 rings (SSSR count). The number of hydrogen-bond donors (Lipinski definition) is 2. The summed E-state index contributed by atoms with van der Waals surface area (Å²) < 4.78 is 7.57. The summed E-state index contributed by atoms with van der Waals surface area (Å²) in [5.41, 5.74) is 5.75. The second-order valence-electron chi connectivity index (χ2n) is 13.5. The van der Waals surface area contributed by atoms with Crippen LogP contribution >= 0.6 is 34.8 Å². The van der Waals surface area contributed by atoms with Gasteiger partial charge in [0.2, 0.25) is 0 Å². The van der Waals surface area contributed by atoms with Gasteiger partial charge >= 0.3 is 5.97 Å². The van der Waals surface area contributed by atoms with Gasteiger partial charge in [0.1, 0.15) is 33.6 Å². The highest BCUT2D eigenvalue weighted by Gasteiger charge is 2.48. The van der Waals surface area contributed by atoms with Crippen molar-refractivity contribution in [1.82, 2.24) is 9.38 Å². The number of anilines is 1. The zero-order valence-corrected chi connectivity index (χ0v) is 27.0. The van der Waals surface area contributed by atoms with E-state index >= 15 is 0 Å². The predicted molar refractivity (Wildman–Crippen MR) is 167 cm³/mol. The van der Waals surface area contributed by atoms with Crippen LogP contribution < -0.4 is 16.5 Å². The molecule has 1 aliphatic carbocycles. The molecule has 2 atom stereocenters. The molecule has 0 radical (unpaired) electrons. The molecule has 0 spiro atoms. The Morgan fingerprint density at radius 2 is 1.61 bits per heavy atom. The van der Waals surface area contributed by atoms with E-state index in [-0.39, 0.29) is 66.4 Å². The molecule has 1 fully saturated rings. The molecule has 1 aliphatic rings. The largest absolute Gasteiger partial charge is 0.512 e. The highest BCUT2D eigenvalue weighted by molar-refractivity contribution is 6.42. The smallest absolute Gasteiger partial charge is 0.342 e. The monoisotopic (exact) mass is 621 g/mol. The van der Waals surface area contributed by atoms with Crippen molar-refractivity contribution < 1.29 is 14.6 Å². The van der Waals surface area contributed by atoms with Crippen LogP contribution in [0.15, 0.2) is 23.0 Å². The summed E-state index contributed by atoms with van der Waals surface area (Å²) in [6, 6.07) is 4.80. The normalized spacial score (nSPS) is 22.6. The molecule has 0 aliphatic heterocycles. The fourth-order valence-corrected chi connectivity index (χ4v) is 6.87. The molecule has 41 heavy (non-hydrogen) atoms. The summed E-state index contributed by atoms with van der Waals surface area (Å²) in [5, 5.41) is 10.4. The molecular weight excluding hydrogens is 585 g/mol. The maximum Gasteiger partial charge on any atom is 0.342 e. The summed E-state index contributed by atoms with van der Waals surface area (Å²) in [6.07, 6.45) is 1.43. The van der Waals surface area contributed by atoms with E-state index in [2.05, 4.69) is 53.5 Å². The molecule has 2 unspecified atom stereocenters. The summed E-state index contributed by atoms with van der Waals surface area (Å²) in [7, 11) is 0. The molecule has 7 nitrogen and oxygen atoms in total. The average Bonchev–Trinajstić information content (AvgIpc) is 3.12. The van der Waals surface area contributed by atoms with Gasteiger partial charge in [-0.25, -0.2) is 14.2 Å². The Hall–Kier alpha value is -2.48. The maximum atomic E-state index is 14.4. The van der Waals surface area contributed by atoms with E-state index < -0.39 is 17.6 Å². The van der Waals surface area contributed by atoms with E-state index in [0.29, 0.717) is 16.5 Å². The van der Waals surface area contributed by atoms with Crippen LogP contribution in [0, 0.1) is 28.6 Å². The van der Waals surface area contributed by atoms with Gasteiger partial charge in [-0.2, -0.15) is 0 Å². The first-order valence-corrected chi connectivity index (χ1v) is 14.9. The van der Waals surface area contributed by atoms with Gasteiger partial charge in [0, 0.05) is 17.4 Å². The molecule has 2 heterocycles. The third-order valence-electron chi connectivity index (χ3n) is 8.34. The number of ether oxygens (including phenoxy) is 1. The van der Waals surface area contributed by atoms with Gasteiger partial charge in [-0.3, -0.25) is 4.79 Å². The van der Waals surface area contributed by atoms with Gasteiger partial charge in [0.15, 0.2) is 5.65 Å². The van der Waals surface area contributed by atoms with Crippen LogP contribution in [0.25, 0.3) is 22.5 Å². The highest BCUT2D eigenvalue weighted by Crippen LogP contribution is 2.50. The number of rotatable bonds is 3. The van der Waals surface area contributed by atoms with Crippen molar-refractivity contribution in [1.29, 1.82) is 0 Å². The zero-order chi connectivity index (χ0) is 30.8. The molecule has 3 N–H and O–H groups in total. The Morgan fingerprint density at radius 3 is 2.10 bits per heavy atom. The summed E-state index contributed by atoms with van der Waals surface area (Å²) in [5.74, 6) is -0.563. The highest BCUT2D eigenvalue weighted by atomic mass is 35.5. The van der Waals surface area contributed by atoms with Gasteiger partial charge in [0.25, 0.3) is 5.56 Å². The Kier molecular flexibility index (Phi) is 8.42.